The lowest BCUT2D eigenvalue weighted by Crippen LogP contribution is -2.08. The summed E-state index contributed by atoms with van der Waals surface area (Å²) < 4.78 is 7.57. The summed E-state index contributed by atoms with van der Waals surface area (Å²) in [6, 6.07) is 8.09. The molecule has 3 rings (SSSR count). The van der Waals surface area contributed by atoms with Crippen molar-refractivity contribution in [2.45, 2.75) is 30.0 Å². The average Bonchev–Trinajstić information content (AvgIpc) is 3.14. The summed E-state index contributed by atoms with van der Waals surface area (Å²) in [5, 5.41) is 20.4. The zero-order valence-electron chi connectivity index (χ0n) is 12.5. The van der Waals surface area contributed by atoms with Gasteiger partial charge < -0.3 is 9.73 Å². The second-order valence-corrected chi connectivity index (χ2v) is 8.08. The highest BCUT2D eigenvalue weighted by Crippen LogP contribution is 2.29. The number of nitrogens with zero attached hydrogens (tertiary/aromatic N) is 4. The molecule has 0 bridgehead atoms. The Morgan fingerprint density at radius 3 is 2.70 bits per heavy atom. The highest BCUT2D eigenvalue weighted by molar-refractivity contribution is 9.10. The molecule has 0 unspecified atom stereocenters. The minimum Gasteiger partial charge on any atom is -0.420 e. The molecule has 0 amide bonds. The molecular weight excluding hydrogens is 398 g/mol. The van der Waals surface area contributed by atoms with Gasteiger partial charge in [0.15, 0.2) is 4.34 Å². The van der Waals surface area contributed by atoms with Gasteiger partial charge in [0.2, 0.25) is 16.9 Å². The third kappa shape index (κ3) is 4.52. The maximum atomic E-state index is 5.69. The third-order valence-electron chi connectivity index (χ3n) is 2.70. The van der Waals surface area contributed by atoms with E-state index in [1.165, 1.54) is 23.1 Å². The largest absolute Gasteiger partial charge is 0.420 e. The number of aromatic nitrogens is 4. The Bertz CT molecular complexity index is 772. The van der Waals surface area contributed by atoms with Crippen LogP contribution in [0.1, 0.15) is 19.7 Å². The van der Waals surface area contributed by atoms with Gasteiger partial charge in [-0.15, -0.1) is 20.4 Å². The molecule has 120 valence electrons. The van der Waals surface area contributed by atoms with E-state index in [0.717, 1.165) is 19.5 Å². The quantitative estimate of drug-likeness (QED) is 0.599. The number of hydrogen-bond acceptors (Lipinski definition) is 8. The van der Waals surface area contributed by atoms with Crippen LogP contribution >= 0.6 is 39.0 Å². The molecule has 1 aromatic carbocycles. The number of benzene rings is 1. The van der Waals surface area contributed by atoms with Crippen LogP contribution in [0.3, 0.4) is 0 Å². The van der Waals surface area contributed by atoms with Gasteiger partial charge >= 0.3 is 0 Å². The highest BCUT2D eigenvalue weighted by Gasteiger charge is 2.11. The summed E-state index contributed by atoms with van der Waals surface area (Å²) in [5.41, 5.74) is 0.899. The van der Waals surface area contributed by atoms with E-state index in [9.17, 15) is 0 Å². The van der Waals surface area contributed by atoms with Gasteiger partial charge in [-0.3, -0.25) is 0 Å². The van der Waals surface area contributed by atoms with Crippen LogP contribution < -0.4 is 5.32 Å². The molecule has 0 saturated carbocycles. The summed E-state index contributed by atoms with van der Waals surface area (Å²) >= 11 is 6.46. The van der Waals surface area contributed by atoms with Crippen molar-refractivity contribution in [2.24, 2.45) is 0 Å². The molecule has 2 heterocycles. The lowest BCUT2D eigenvalue weighted by molar-refractivity contribution is 0.528. The molecule has 0 aliphatic rings. The minimum absolute atomic E-state index is 0.338. The molecule has 2 aromatic heterocycles. The van der Waals surface area contributed by atoms with Crippen molar-refractivity contribution in [1.82, 2.24) is 20.4 Å². The molecule has 6 nitrogen and oxygen atoms in total. The van der Waals surface area contributed by atoms with E-state index in [4.69, 9.17) is 4.42 Å². The monoisotopic (exact) mass is 411 g/mol. The lowest BCUT2D eigenvalue weighted by atomic mass is 10.2. The molecule has 9 heteroatoms. The van der Waals surface area contributed by atoms with Crippen molar-refractivity contribution < 1.29 is 4.42 Å². The van der Waals surface area contributed by atoms with Gasteiger partial charge in [0.05, 0.1) is 5.75 Å². The number of thioether (sulfide) groups is 1. The maximum Gasteiger partial charge on any atom is 0.247 e. The fourth-order valence-corrected chi connectivity index (χ4v) is 3.72. The maximum absolute atomic E-state index is 5.69. The van der Waals surface area contributed by atoms with E-state index in [-0.39, 0.29) is 0 Å². The van der Waals surface area contributed by atoms with Crippen LogP contribution in [-0.2, 0) is 5.75 Å². The van der Waals surface area contributed by atoms with Gasteiger partial charge in [-0.05, 0) is 38.1 Å². The molecule has 0 spiro atoms. The Kier molecular flexibility index (Phi) is 5.29. The normalized spacial score (nSPS) is 11.1. The SMILES string of the molecule is CC(C)Nc1nnc(SCc2nnc(-c3ccc(Br)cc3)o2)s1. The Morgan fingerprint density at radius 1 is 1.17 bits per heavy atom. The summed E-state index contributed by atoms with van der Waals surface area (Å²) in [7, 11) is 0. The van der Waals surface area contributed by atoms with Crippen molar-refractivity contribution in [3.05, 3.63) is 34.6 Å². The van der Waals surface area contributed by atoms with E-state index in [1.54, 1.807) is 0 Å². The standard InChI is InChI=1S/C14H14BrN5OS2/c1-8(2)16-13-19-20-14(23-13)22-7-11-17-18-12(21-11)9-3-5-10(15)6-4-9/h3-6,8H,7H2,1-2H3,(H,16,19). The van der Waals surface area contributed by atoms with Crippen molar-refractivity contribution in [1.29, 1.82) is 0 Å². The fourth-order valence-electron chi connectivity index (χ4n) is 1.72. The zero-order valence-corrected chi connectivity index (χ0v) is 15.7. The van der Waals surface area contributed by atoms with Crippen LogP contribution in [-0.4, -0.2) is 26.4 Å². The molecule has 0 aliphatic carbocycles. The number of nitrogens with one attached hydrogen (secondary N) is 1. The highest BCUT2D eigenvalue weighted by atomic mass is 79.9. The molecule has 0 saturated heterocycles. The van der Waals surface area contributed by atoms with E-state index in [0.29, 0.717) is 23.6 Å². The van der Waals surface area contributed by atoms with Crippen LogP contribution in [0.25, 0.3) is 11.5 Å². The van der Waals surface area contributed by atoms with Gasteiger partial charge in [0.1, 0.15) is 0 Å². The first-order valence-corrected chi connectivity index (χ1v) is 9.51. The Morgan fingerprint density at radius 2 is 1.96 bits per heavy atom. The van der Waals surface area contributed by atoms with E-state index >= 15 is 0 Å². The summed E-state index contributed by atoms with van der Waals surface area (Å²) in [5.74, 6) is 1.66. The van der Waals surface area contributed by atoms with Gasteiger partial charge in [0.25, 0.3) is 0 Å². The van der Waals surface area contributed by atoms with E-state index < -0.39 is 0 Å². The smallest absolute Gasteiger partial charge is 0.247 e. The number of rotatable bonds is 6. The Balaban J connectivity index is 1.61. The molecule has 0 aliphatic heterocycles. The number of hydrogen-bond donors (Lipinski definition) is 1. The van der Waals surface area contributed by atoms with E-state index in [1.807, 2.05) is 24.3 Å². The minimum atomic E-state index is 0.338. The second-order valence-electron chi connectivity index (χ2n) is 4.97. The fraction of sp³-hybridized carbons (Fsp3) is 0.286. The first kappa shape index (κ1) is 16.4. The van der Waals surface area contributed by atoms with Gasteiger partial charge in [-0.2, -0.15) is 0 Å². The first-order chi connectivity index (χ1) is 11.1. The topological polar surface area (TPSA) is 76.7 Å². The average molecular weight is 412 g/mol. The molecule has 0 radical (unpaired) electrons. The molecule has 0 fully saturated rings. The Hall–Kier alpha value is -1.45. The Labute approximate surface area is 150 Å². The van der Waals surface area contributed by atoms with Crippen molar-refractivity contribution in [3.8, 4) is 11.5 Å². The predicted molar refractivity (Wildman–Crippen MR) is 95.7 cm³/mol. The molecule has 0 atom stereocenters. The van der Waals surface area contributed by atoms with Crippen LogP contribution in [0.15, 0.2) is 37.5 Å². The van der Waals surface area contributed by atoms with Crippen molar-refractivity contribution in [3.63, 3.8) is 0 Å². The van der Waals surface area contributed by atoms with Gasteiger partial charge in [0, 0.05) is 16.1 Å². The van der Waals surface area contributed by atoms with E-state index in [2.05, 4.69) is 55.5 Å². The number of halogens is 1. The molecule has 23 heavy (non-hydrogen) atoms. The second kappa shape index (κ2) is 7.41. The molecule has 3 aromatic rings. The van der Waals surface area contributed by atoms with Crippen molar-refractivity contribution >= 4 is 44.2 Å². The summed E-state index contributed by atoms with van der Waals surface area (Å²) in [6.07, 6.45) is 0. The van der Waals surface area contributed by atoms with Gasteiger partial charge in [-0.1, -0.05) is 39.0 Å². The predicted octanol–water partition coefficient (Wildman–Crippen LogP) is 4.46. The third-order valence-corrected chi connectivity index (χ3v) is 5.20. The van der Waals surface area contributed by atoms with Crippen LogP contribution in [0.5, 0.6) is 0 Å². The van der Waals surface area contributed by atoms with Crippen LogP contribution in [0.2, 0.25) is 0 Å². The summed E-state index contributed by atoms with van der Waals surface area (Å²) in [6.45, 7) is 4.13. The van der Waals surface area contributed by atoms with Crippen LogP contribution in [0.4, 0.5) is 5.13 Å². The zero-order chi connectivity index (χ0) is 16.2. The molecular formula is C14H14BrN5OS2. The lowest BCUT2D eigenvalue weighted by Gasteiger charge is -2.02. The summed E-state index contributed by atoms with van der Waals surface area (Å²) in [4.78, 5) is 0. The van der Waals surface area contributed by atoms with Gasteiger partial charge in [-0.25, -0.2) is 0 Å². The number of anilines is 1. The molecule has 1 N–H and O–H groups in total. The van der Waals surface area contributed by atoms with Crippen LogP contribution in [0, 0.1) is 0 Å². The first-order valence-electron chi connectivity index (χ1n) is 6.91. The van der Waals surface area contributed by atoms with Crippen molar-refractivity contribution in [2.75, 3.05) is 5.32 Å².